The van der Waals surface area contributed by atoms with E-state index in [0.29, 0.717) is 23.7 Å². The van der Waals surface area contributed by atoms with Gasteiger partial charge in [0.2, 0.25) is 0 Å². The van der Waals surface area contributed by atoms with Gasteiger partial charge in [0.1, 0.15) is 5.82 Å². The molecule has 2 atom stereocenters. The van der Waals surface area contributed by atoms with Crippen LogP contribution in [-0.4, -0.2) is 6.61 Å². The van der Waals surface area contributed by atoms with Gasteiger partial charge in [-0.1, -0.05) is 60.7 Å². The number of allylic oxidation sites excluding steroid dienone is 1. The molecule has 0 aliphatic carbocycles. The summed E-state index contributed by atoms with van der Waals surface area (Å²) in [5.41, 5.74) is 3.17. The Morgan fingerprint density at radius 1 is 0.839 bits per heavy atom. The average molecular weight is 422 g/mol. The van der Waals surface area contributed by atoms with Gasteiger partial charge in [-0.25, -0.2) is 13.2 Å². The summed E-state index contributed by atoms with van der Waals surface area (Å²) < 4.78 is 48.9. The van der Waals surface area contributed by atoms with E-state index in [1.165, 1.54) is 13.0 Å². The molecule has 160 valence electrons. The third kappa shape index (κ3) is 4.45. The fourth-order valence-electron chi connectivity index (χ4n) is 4.12. The Labute approximate surface area is 181 Å². The Kier molecular flexibility index (Phi) is 6.28. The van der Waals surface area contributed by atoms with Crippen molar-refractivity contribution in [2.24, 2.45) is 5.92 Å². The molecule has 1 saturated heterocycles. The summed E-state index contributed by atoms with van der Waals surface area (Å²) in [5, 5.41) is 0. The molecule has 0 spiro atoms. The molecular weight excluding hydrogens is 397 g/mol. The van der Waals surface area contributed by atoms with E-state index in [2.05, 4.69) is 6.08 Å². The largest absolute Gasteiger partial charge is 0.373 e. The van der Waals surface area contributed by atoms with Gasteiger partial charge in [-0.05, 0) is 55.0 Å². The quantitative estimate of drug-likeness (QED) is 0.390. The van der Waals surface area contributed by atoms with Crippen LogP contribution in [0.3, 0.4) is 0 Å². The number of halogens is 3. The number of rotatable bonds is 4. The summed E-state index contributed by atoms with van der Waals surface area (Å²) in [7, 11) is 0. The van der Waals surface area contributed by atoms with Crippen LogP contribution in [0.25, 0.3) is 22.3 Å². The molecule has 1 fully saturated rings. The third-order valence-electron chi connectivity index (χ3n) is 5.93. The Hall–Kier alpha value is -2.85. The van der Waals surface area contributed by atoms with E-state index in [1.54, 1.807) is 42.5 Å². The van der Waals surface area contributed by atoms with Crippen molar-refractivity contribution in [3.8, 4) is 22.3 Å². The maximum atomic E-state index is 14.9. The maximum absolute atomic E-state index is 14.9. The Morgan fingerprint density at radius 3 is 2.19 bits per heavy atom. The monoisotopic (exact) mass is 422 g/mol. The molecule has 0 saturated carbocycles. The van der Waals surface area contributed by atoms with Gasteiger partial charge in [-0.2, -0.15) is 0 Å². The molecule has 4 heteroatoms. The molecular formula is C27H25F3O. The van der Waals surface area contributed by atoms with Crippen molar-refractivity contribution in [1.82, 2.24) is 0 Å². The molecule has 1 nitrogen and oxygen atoms in total. The molecule has 0 bridgehead atoms. The third-order valence-corrected chi connectivity index (χ3v) is 5.93. The minimum atomic E-state index is -0.854. The molecule has 0 radical (unpaired) electrons. The van der Waals surface area contributed by atoms with Crippen molar-refractivity contribution >= 4 is 0 Å². The molecule has 31 heavy (non-hydrogen) atoms. The Bertz CT molecular complexity index is 1090. The maximum Gasteiger partial charge on any atom is 0.166 e. The van der Waals surface area contributed by atoms with Crippen molar-refractivity contribution in [2.75, 3.05) is 6.61 Å². The summed E-state index contributed by atoms with van der Waals surface area (Å²) in [5.74, 6) is -1.58. The normalized spacial score (nSPS) is 19.1. The standard InChI is InChI=1S/C27H25F3O/c1-3-4-18-6-14-25(31-16-18)23-13-11-21(15-24(23)28)19-7-9-20(10-8-19)22-12-5-17(2)26(29)27(22)30/h3-5,7-13,15,18,25H,6,14,16H2,1-2H3. The lowest BCUT2D eigenvalue weighted by molar-refractivity contribution is -0.00711. The van der Waals surface area contributed by atoms with Crippen molar-refractivity contribution in [1.29, 1.82) is 0 Å². The average Bonchev–Trinajstić information content (AvgIpc) is 2.79. The van der Waals surface area contributed by atoms with Crippen molar-refractivity contribution in [3.63, 3.8) is 0 Å². The summed E-state index contributed by atoms with van der Waals surface area (Å²) in [6.45, 7) is 4.13. The molecule has 0 N–H and O–H groups in total. The molecule has 1 aliphatic rings. The van der Waals surface area contributed by atoms with E-state index in [1.807, 2.05) is 19.1 Å². The zero-order valence-corrected chi connectivity index (χ0v) is 17.7. The van der Waals surface area contributed by atoms with Crippen LogP contribution < -0.4 is 0 Å². The van der Waals surface area contributed by atoms with Crippen LogP contribution in [0.5, 0.6) is 0 Å². The first-order valence-corrected chi connectivity index (χ1v) is 10.6. The number of aryl methyl sites for hydroxylation is 1. The second-order valence-electron chi connectivity index (χ2n) is 8.06. The van der Waals surface area contributed by atoms with E-state index >= 15 is 0 Å². The zero-order valence-electron chi connectivity index (χ0n) is 17.7. The second-order valence-corrected chi connectivity index (χ2v) is 8.06. The van der Waals surface area contributed by atoms with Gasteiger partial charge in [0.25, 0.3) is 0 Å². The van der Waals surface area contributed by atoms with Crippen LogP contribution in [0.15, 0.2) is 66.7 Å². The smallest absolute Gasteiger partial charge is 0.166 e. The summed E-state index contributed by atoms with van der Waals surface area (Å²) in [6, 6.07) is 15.3. The highest BCUT2D eigenvalue weighted by Crippen LogP contribution is 2.35. The highest BCUT2D eigenvalue weighted by Gasteiger charge is 2.24. The van der Waals surface area contributed by atoms with Gasteiger partial charge in [-0.3, -0.25) is 0 Å². The van der Waals surface area contributed by atoms with Crippen LogP contribution in [0.1, 0.15) is 37.0 Å². The van der Waals surface area contributed by atoms with Gasteiger partial charge < -0.3 is 4.74 Å². The predicted molar refractivity (Wildman–Crippen MR) is 118 cm³/mol. The SMILES string of the molecule is CC=CC1CCC(c2ccc(-c3ccc(-c4ccc(C)c(F)c4F)cc3)cc2F)OC1. The molecule has 0 aromatic heterocycles. The molecule has 3 aromatic rings. The number of benzene rings is 3. The predicted octanol–water partition coefficient (Wildman–Crippen LogP) is 7.79. The first-order chi connectivity index (χ1) is 15.0. The highest BCUT2D eigenvalue weighted by atomic mass is 19.2. The topological polar surface area (TPSA) is 9.23 Å². The first kappa shape index (κ1) is 21.4. The summed E-state index contributed by atoms with van der Waals surface area (Å²) >= 11 is 0. The van der Waals surface area contributed by atoms with E-state index in [-0.39, 0.29) is 23.0 Å². The number of ether oxygens (including phenoxy) is 1. The molecule has 3 aromatic carbocycles. The van der Waals surface area contributed by atoms with Crippen molar-refractivity contribution in [2.45, 2.75) is 32.8 Å². The Balaban J connectivity index is 1.53. The zero-order chi connectivity index (χ0) is 22.0. The van der Waals surface area contributed by atoms with Crippen molar-refractivity contribution < 1.29 is 17.9 Å². The summed E-state index contributed by atoms with van der Waals surface area (Å²) in [4.78, 5) is 0. The van der Waals surface area contributed by atoms with Crippen LogP contribution >= 0.6 is 0 Å². The Morgan fingerprint density at radius 2 is 1.55 bits per heavy atom. The van der Waals surface area contributed by atoms with Crippen LogP contribution in [0, 0.1) is 30.3 Å². The fourth-order valence-corrected chi connectivity index (χ4v) is 4.12. The van der Waals surface area contributed by atoms with E-state index in [4.69, 9.17) is 4.74 Å². The second kappa shape index (κ2) is 9.11. The van der Waals surface area contributed by atoms with Crippen molar-refractivity contribution in [3.05, 3.63) is 95.3 Å². The van der Waals surface area contributed by atoms with Gasteiger partial charge in [0.15, 0.2) is 11.6 Å². The van der Waals surface area contributed by atoms with E-state index in [0.717, 1.165) is 24.0 Å². The first-order valence-electron chi connectivity index (χ1n) is 10.6. The molecule has 0 amide bonds. The van der Waals surface area contributed by atoms with Crippen LogP contribution in [-0.2, 0) is 4.74 Å². The lowest BCUT2D eigenvalue weighted by Crippen LogP contribution is -2.20. The summed E-state index contributed by atoms with van der Waals surface area (Å²) in [6.07, 6.45) is 5.71. The van der Waals surface area contributed by atoms with Gasteiger partial charge in [0.05, 0.1) is 12.7 Å². The highest BCUT2D eigenvalue weighted by molar-refractivity contribution is 5.71. The molecule has 1 heterocycles. The van der Waals surface area contributed by atoms with E-state index in [9.17, 15) is 13.2 Å². The molecule has 4 rings (SSSR count). The van der Waals surface area contributed by atoms with Crippen LogP contribution in [0.2, 0.25) is 0 Å². The number of hydrogen-bond donors (Lipinski definition) is 0. The minimum absolute atomic E-state index is 0.210. The van der Waals surface area contributed by atoms with Gasteiger partial charge in [-0.15, -0.1) is 0 Å². The lowest BCUT2D eigenvalue weighted by Gasteiger charge is -2.28. The number of hydrogen-bond acceptors (Lipinski definition) is 1. The fraction of sp³-hybridized carbons (Fsp3) is 0.259. The van der Waals surface area contributed by atoms with Crippen LogP contribution in [0.4, 0.5) is 13.2 Å². The van der Waals surface area contributed by atoms with Gasteiger partial charge >= 0.3 is 0 Å². The molecule has 1 aliphatic heterocycles. The lowest BCUT2D eigenvalue weighted by atomic mass is 9.92. The molecule has 2 unspecified atom stereocenters. The van der Waals surface area contributed by atoms with Gasteiger partial charge in [0, 0.05) is 17.0 Å². The van der Waals surface area contributed by atoms with E-state index < -0.39 is 11.6 Å². The minimum Gasteiger partial charge on any atom is -0.373 e.